The molecular formula is C11H15ClN2. The summed E-state index contributed by atoms with van der Waals surface area (Å²) in [5, 5.41) is 0.620. The summed E-state index contributed by atoms with van der Waals surface area (Å²) in [6, 6.07) is 4.23. The third-order valence-corrected chi connectivity index (χ3v) is 3.32. The van der Waals surface area contributed by atoms with E-state index in [0.29, 0.717) is 11.1 Å². The van der Waals surface area contributed by atoms with Crippen LogP contribution in [0.1, 0.15) is 37.2 Å². The predicted octanol–water partition coefficient (Wildman–Crippen LogP) is 2.72. The van der Waals surface area contributed by atoms with Crippen molar-refractivity contribution < 1.29 is 0 Å². The highest BCUT2D eigenvalue weighted by Crippen LogP contribution is 2.34. The molecular weight excluding hydrogens is 196 g/mol. The van der Waals surface area contributed by atoms with E-state index in [-0.39, 0.29) is 6.04 Å². The summed E-state index contributed by atoms with van der Waals surface area (Å²) in [7, 11) is 0. The Hall–Kier alpha value is -0.600. The molecule has 1 fully saturated rings. The van der Waals surface area contributed by atoms with Gasteiger partial charge in [0.15, 0.2) is 0 Å². The van der Waals surface area contributed by atoms with Gasteiger partial charge in [-0.25, -0.2) is 4.98 Å². The van der Waals surface area contributed by atoms with E-state index in [1.165, 1.54) is 12.8 Å². The van der Waals surface area contributed by atoms with Crippen LogP contribution >= 0.6 is 11.6 Å². The number of hydrogen-bond donors (Lipinski definition) is 1. The minimum atomic E-state index is 0.255. The first kappa shape index (κ1) is 9.94. The Morgan fingerprint density at radius 3 is 2.86 bits per heavy atom. The SMILES string of the molecule is NC1CCCCC1c1cccnc1Cl. The van der Waals surface area contributed by atoms with E-state index in [1.54, 1.807) is 6.20 Å². The van der Waals surface area contributed by atoms with Crippen molar-refractivity contribution in [3.63, 3.8) is 0 Å². The summed E-state index contributed by atoms with van der Waals surface area (Å²) < 4.78 is 0. The standard InChI is InChI=1S/C11H15ClN2/c12-11-9(5-3-7-14-11)8-4-1-2-6-10(8)13/h3,5,7-8,10H,1-2,4,6,13H2. The molecule has 0 aliphatic heterocycles. The first-order chi connectivity index (χ1) is 6.79. The lowest BCUT2D eigenvalue weighted by molar-refractivity contribution is 0.385. The average Bonchev–Trinajstić information content (AvgIpc) is 2.20. The number of aromatic nitrogens is 1. The third-order valence-electron chi connectivity index (χ3n) is 3.01. The quantitative estimate of drug-likeness (QED) is 0.724. The molecule has 1 heterocycles. The number of nitrogens with zero attached hydrogens (tertiary/aromatic N) is 1. The summed E-state index contributed by atoms with van der Waals surface area (Å²) in [5.74, 6) is 0.407. The van der Waals surface area contributed by atoms with E-state index in [4.69, 9.17) is 17.3 Å². The Kier molecular flexibility index (Phi) is 3.04. The van der Waals surface area contributed by atoms with Gasteiger partial charge in [-0.2, -0.15) is 0 Å². The summed E-state index contributed by atoms with van der Waals surface area (Å²) in [4.78, 5) is 4.10. The van der Waals surface area contributed by atoms with E-state index in [0.717, 1.165) is 18.4 Å². The van der Waals surface area contributed by atoms with Crippen molar-refractivity contribution in [2.45, 2.75) is 37.6 Å². The second-order valence-electron chi connectivity index (χ2n) is 3.94. The lowest BCUT2D eigenvalue weighted by Crippen LogP contribution is -2.31. The van der Waals surface area contributed by atoms with Gasteiger partial charge in [0.05, 0.1) is 0 Å². The molecule has 2 rings (SSSR count). The van der Waals surface area contributed by atoms with Gasteiger partial charge in [-0.3, -0.25) is 0 Å². The molecule has 1 aromatic heterocycles. The molecule has 3 heteroatoms. The van der Waals surface area contributed by atoms with Gasteiger partial charge in [-0.15, -0.1) is 0 Å². The van der Waals surface area contributed by atoms with Crippen molar-refractivity contribution >= 4 is 11.6 Å². The minimum absolute atomic E-state index is 0.255. The van der Waals surface area contributed by atoms with Crippen LogP contribution in [0.5, 0.6) is 0 Å². The summed E-state index contributed by atoms with van der Waals surface area (Å²) in [6.45, 7) is 0. The number of halogens is 1. The molecule has 0 spiro atoms. The second kappa shape index (κ2) is 4.28. The molecule has 2 atom stereocenters. The van der Waals surface area contributed by atoms with E-state index in [1.807, 2.05) is 12.1 Å². The number of hydrogen-bond acceptors (Lipinski definition) is 2. The van der Waals surface area contributed by atoms with Gasteiger partial charge in [0.25, 0.3) is 0 Å². The number of nitrogens with two attached hydrogens (primary N) is 1. The zero-order chi connectivity index (χ0) is 9.97. The fourth-order valence-corrected chi connectivity index (χ4v) is 2.48. The molecule has 2 nitrogen and oxygen atoms in total. The van der Waals surface area contributed by atoms with E-state index < -0.39 is 0 Å². The van der Waals surface area contributed by atoms with Gasteiger partial charge in [-0.1, -0.05) is 30.5 Å². The van der Waals surface area contributed by atoms with Crippen molar-refractivity contribution in [3.8, 4) is 0 Å². The van der Waals surface area contributed by atoms with Gasteiger partial charge in [0, 0.05) is 18.2 Å². The Balaban J connectivity index is 2.25. The molecule has 1 aliphatic carbocycles. The molecule has 1 saturated carbocycles. The van der Waals surface area contributed by atoms with Crippen molar-refractivity contribution in [2.24, 2.45) is 5.73 Å². The Labute approximate surface area is 89.5 Å². The maximum atomic E-state index is 6.09. The first-order valence-corrected chi connectivity index (χ1v) is 5.53. The van der Waals surface area contributed by atoms with E-state index in [2.05, 4.69) is 4.98 Å². The van der Waals surface area contributed by atoms with Crippen molar-refractivity contribution in [1.29, 1.82) is 0 Å². The number of pyridine rings is 1. The predicted molar refractivity (Wildman–Crippen MR) is 58.4 cm³/mol. The summed E-state index contributed by atoms with van der Waals surface area (Å²) >= 11 is 6.06. The Morgan fingerprint density at radius 2 is 2.14 bits per heavy atom. The highest BCUT2D eigenvalue weighted by molar-refractivity contribution is 6.30. The molecule has 1 aromatic rings. The Bertz CT molecular complexity index is 314. The lowest BCUT2D eigenvalue weighted by Gasteiger charge is -2.29. The first-order valence-electron chi connectivity index (χ1n) is 5.15. The van der Waals surface area contributed by atoms with Gasteiger partial charge in [0.2, 0.25) is 0 Å². The number of rotatable bonds is 1. The minimum Gasteiger partial charge on any atom is -0.327 e. The van der Waals surface area contributed by atoms with Crippen LogP contribution in [-0.4, -0.2) is 11.0 Å². The van der Waals surface area contributed by atoms with Crippen molar-refractivity contribution in [1.82, 2.24) is 4.98 Å². The summed E-state index contributed by atoms with van der Waals surface area (Å²) in [6.07, 6.45) is 6.47. The molecule has 2 unspecified atom stereocenters. The normalized spacial score (nSPS) is 27.6. The molecule has 0 radical (unpaired) electrons. The van der Waals surface area contributed by atoms with Crippen LogP contribution in [0, 0.1) is 0 Å². The highest BCUT2D eigenvalue weighted by Gasteiger charge is 2.25. The second-order valence-corrected chi connectivity index (χ2v) is 4.30. The van der Waals surface area contributed by atoms with Crippen LogP contribution in [0.2, 0.25) is 5.15 Å². The van der Waals surface area contributed by atoms with Crippen LogP contribution < -0.4 is 5.73 Å². The molecule has 76 valence electrons. The van der Waals surface area contributed by atoms with Crippen LogP contribution in [0.3, 0.4) is 0 Å². The zero-order valence-corrected chi connectivity index (χ0v) is 8.87. The molecule has 0 saturated heterocycles. The maximum Gasteiger partial charge on any atom is 0.132 e. The molecule has 0 amide bonds. The molecule has 0 aromatic carbocycles. The fraction of sp³-hybridized carbons (Fsp3) is 0.545. The zero-order valence-electron chi connectivity index (χ0n) is 8.12. The summed E-state index contributed by atoms with van der Waals surface area (Å²) in [5.41, 5.74) is 7.22. The third kappa shape index (κ3) is 1.91. The largest absolute Gasteiger partial charge is 0.327 e. The van der Waals surface area contributed by atoms with Crippen molar-refractivity contribution in [3.05, 3.63) is 29.0 Å². The van der Waals surface area contributed by atoms with Gasteiger partial charge in [0.1, 0.15) is 5.15 Å². The molecule has 1 aliphatic rings. The van der Waals surface area contributed by atoms with Gasteiger partial charge in [-0.05, 0) is 24.5 Å². The van der Waals surface area contributed by atoms with Gasteiger partial charge >= 0.3 is 0 Å². The smallest absolute Gasteiger partial charge is 0.132 e. The molecule has 14 heavy (non-hydrogen) atoms. The topological polar surface area (TPSA) is 38.9 Å². The highest BCUT2D eigenvalue weighted by atomic mass is 35.5. The molecule has 0 bridgehead atoms. The lowest BCUT2D eigenvalue weighted by atomic mass is 9.81. The maximum absolute atomic E-state index is 6.09. The van der Waals surface area contributed by atoms with Crippen LogP contribution in [0.25, 0.3) is 0 Å². The van der Waals surface area contributed by atoms with Crippen LogP contribution in [0.4, 0.5) is 0 Å². The van der Waals surface area contributed by atoms with Crippen LogP contribution in [-0.2, 0) is 0 Å². The molecule has 2 N–H and O–H groups in total. The average molecular weight is 211 g/mol. The van der Waals surface area contributed by atoms with E-state index in [9.17, 15) is 0 Å². The monoisotopic (exact) mass is 210 g/mol. The fourth-order valence-electron chi connectivity index (χ4n) is 2.22. The van der Waals surface area contributed by atoms with Crippen molar-refractivity contribution in [2.75, 3.05) is 0 Å². The van der Waals surface area contributed by atoms with Gasteiger partial charge < -0.3 is 5.73 Å². The Morgan fingerprint density at radius 1 is 1.36 bits per heavy atom. The van der Waals surface area contributed by atoms with Crippen LogP contribution in [0.15, 0.2) is 18.3 Å². The van der Waals surface area contributed by atoms with E-state index >= 15 is 0 Å².